The number of sulfonamides is 1. The Morgan fingerprint density at radius 3 is 2.55 bits per heavy atom. The van der Waals surface area contributed by atoms with Crippen molar-refractivity contribution in [3.05, 3.63) is 48.0 Å². The van der Waals surface area contributed by atoms with Gasteiger partial charge in [-0.2, -0.15) is 4.31 Å². The molecule has 7 nitrogen and oxygen atoms in total. The largest absolute Gasteiger partial charge is 0.311 e. The molecule has 0 saturated carbocycles. The highest BCUT2D eigenvalue weighted by Crippen LogP contribution is 2.37. The lowest BCUT2D eigenvalue weighted by Crippen LogP contribution is -2.45. The average molecular weight is 486 g/mol. The Hall–Kier alpha value is -2.36. The van der Waals surface area contributed by atoms with Crippen LogP contribution in [0.25, 0.3) is 0 Å². The summed E-state index contributed by atoms with van der Waals surface area (Å²) in [4.78, 5) is 30.7. The predicted octanol–water partition coefficient (Wildman–Crippen LogP) is 3.28. The minimum absolute atomic E-state index is 0.103. The molecule has 3 aliphatic heterocycles. The Kier molecular flexibility index (Phi) is 6.20. The van der Waals surface area contributed by atoms with E-state index in [4.69, 9.17) is 0 Å². The molecule has 174 valence electrons. The number of para-hydroxylation sites is 1. The van der Waals surface area contributed by atoms with Crippen LogP contribution in [-0.4, -0.2) is 56.5 Å². The molecule has 0 N–H and O–H groups in total. The van der Waals surface area contributed by atoms with Gasteiger partial charge in [-0.15, -0.1) is 11.8 Å². The molecule has 2 aromatic rings. The van der Waals surface area contributed by atoms with Crippen molar-refractivity contribution in [3.63, 3.8) is 0 Å². The van der Waals surface area contributed by atoms with Crippen LogP contribution in [0.5, 0.6) is 0 Å². The number of thioether (sulfide) groups is 1. The second kappa shape index (κ2) is 9.12. The standard InChI is InChI=1S/C24H27N3O4S2/c28-23-11-15-32-22-10-9-19(33(30,31)25-12-3-4-13-25)16-21(22)27(23)17-24(29)26-14-5-7-18-6-1-2-8-20(18)26/h1-2,6,8-10,16H,3-5,7,11-15,17H2. The number of rotatable bonds is 4. The lowest BCUT2D eigenvalue weighted by Gasteiger charge is -2.32. The van der Waals surface area contributed by atoms with Crippen molar-refractivity contribution in [3.8, 4) is 0 Å². The molecule has 0 aromatic heterocycles. The summed E-state index contributed by atoms with van der Waals surface area (Å²) in [5.74, 6) is 0.290. The molecule has 0 radical (unpaired) electrons. The number of hydrogen-bond acceptors (Lipinski definition) is 5. The van der Waals surface area contributed by atoms with E-state index in [0.29, 0.717) is 37.5 Å². The fourth-order valence-corrected chi connectivity index (χ4v) is 7.29. The molecule has 2 aromatic carbocycles. The molecule has 0 bridgehead atoms. The Labute approximate surface area is 198 Å². The first-order valence-corrected chi connectivity index (χ1v) is 13.8. The van der Waals surface area contributed by atoms with E-state index in [9.17, 15) is 18.0 Å². The van der Waals surface area contributed by atoms with Gasteiger partial charge in [-0.25, -0.2) is 8.42 Å². The minimum Gasteiger partial charge on any atom is -0.311 e. The topological polar surface area (TPSA) is 78.0 Å². The highest BCUT2D eigenvalue weighted by atomic mass is 32.2. The van der Waals surface area contributed by atoms with Crippen LogP contribution in [0.15, 0.2) is 52.3 Å². The number of benzene rings is 2. The third-order valence-electron chi connectivity index (χ3n) is 6.50. The molecule has 1 fully saturated rings. The lowest BCUT2D eigenvalue weighted by atomic mass is 10.0. The number of aryl methyl sites for hydroxylation is 1. The quantitative estimate of drug-likeness (QED) is 0.664. The second-order valence-electron chi connectivity index (χ2n) is 8.60. The highest BCUT2D eigenvalue weighted by molar-refractivity contribution is 7.99. The number of fused-ring (bicyclic) bond motifs is 2. The summed E-state index contributed by atoms with van der Waals surface area (Å²) in [5, 5.41) is 0. The molecule has 33 heavy (non-hydrogen) atoms. The van der Waals surface area contributed by atoms with Crippen LogP contribution in [0.1, 0.15) is 31.2 Å². The number of hydrogen-bond donors (Lipinski definition) is 0. The zero-order valence-electron chi connectivity index (χ0n) is 18.4. The molecule has 5 rings (SSSR count). The Balaban J connectivity index is 1.47. The predicted molar refractivity (Wildman–Crippen MR) is 129 cm³/mol. The molecule has 0 unspecified atom stereocenters. The van der Waals surface area contributed by atoms with Crippen molar-refractivity contribution in [2.24, 2.45) is 0 Å². The first kappa shape index (κ1) is 22.4. The van der Waals surface area contributed by atoms with Crippen LogP contribution < -0.4 is 9.80 Å². The average Bonchev–Trinajstić information content (AvgIpc) is 3.33. The zero-order chi connectivity index (χ0) is 23.0. The number of anilines is 2. The molecule has 0 spiro atoms. The fraction of sp³-hybridized carbons (Fsp3) is 0.417. The number of carbonyl (C=O) groups excluding carboxylic acids is 2. The van der Waals surface area contributed by atoms with E-state index in [1.807, 2.05) is 24.3 Å². The van der Waals surface area contributed by atoms with Crippen molar-refractivity contribution in [1.82, 2.24) is 4.31 Å². The SMILES string of the molecule is O=C(CN1C(=O)CCSc2ccc(S(=O)(=O)N3CCCC3)cc21)N1CCCc2ccccc21. The van der Waals surface area contributed by atoms with Gasteiger partial charge >= 0.3 is 0 Å². The van der Waals surface area contributed by atoms with Crippen molar-refractivity contribution < 1.29 is 18.0 Å². The summed E-state index contributed by atoms with van der Waals surface area (Å²) >= 11 is 1.52. The van der Waals surface area contributed by atoms with Crippen LogP contribution in [0, 0.1) is 0 Å². The summed E-state index contributed by atoms with van der Waals surface area (Å²) in [6.07, 6.45) is 3.82. The normalized spacial score (nSPS) is 19.2. The van der Waals surface area contributed by atoms with Crippen molar-refractivity contribution >= 4 is 45.0 Å². The van der Waals surface area contributed by atoms with Gasteiger partial charge in [0.15, 0.2) is 0 Å². The molecule has 0 atom stereocenters. The van der Waals surface area contributed by atoms with Crippen LogP contribution in [0.3, 0.4) is 0 Å². The maximum atomic E-state index is 13.4. The van der Waals surface area contributed by atoms with Gasteiger partial charge in [0, 0.05) is 42.4 Å². The van der Waals surface area contributed by atoms with E-state index >= 15 is 0 Å². The Morgan fingerprint density at radius 2 is 1.73 bits per heavy atom. The van der Waals surface area contributed by atoms with Crippen LogP contribution in [0.2, 0.25) is 0 Å². The third-order valence-corrected chi connectivity index (χ3v) is 9.46. The van der Waals surface area contributed by atoms with E-state index in [-0.39, 0.29) is 23.3 Å². The first-order chi connectivity index (χ1) is 15.9. The van der Waals surface area contributed by atoms with Gasteiger partial charge in [0.05, 0.1) is 10.6 Å². The Bertz CT molecular complexity index is 1190. The molecule has 2 amide bonds. The monoisotopic (exact) mass is 485 g/mol. The van der Waals surface area contributed by atoms with Crippen molar-refractivity contribution in [2.75, 3.05) is 41.7 Å². The maximum Gasteiger partial charge on any atom is 0.247 e. The Morgan fingerprint density at radius 1 is 0.939 bits per heavy atom. The number of nitrogens with zero attached hydrogens (tertiary/aromatic N) is 3. The molecular formula is C24H27N3O4S2. The van der Waals surface area contributed by atoms with E-state index in [2.05, 4.69) is 0 Å². The van der Waals surface area contributed by atoms with Crippen LogP contribution >= 0.6 is 11.8 Å². The summed E-state index contributed by atoms with van der Waals surface area (Å²) in [6, 6.07) is 12.8. The first-order valence-electron chi connectivity index (χ1n) is 11.4. The zero-order valence-corrected chi connectivity index (χ0v) is 20.0. The number of amides is 2. The summed E-state index contributed by atoms with van der Waals surface area (Å²) in [5.41, 5.74) is 2.55. The van der Waals surface area contributed by atoms with Gasteiger partial charge < -0.3 is 9.80 Å². The molecular weight excluding hydrogens is 458 g/mol. The minimum atomic E-state index is -3.62. The van der Waals surface area contributed by atoms with Gasteiger partial charge in [0.1, 0.15) is 6.54 Å². The van der Waals surface area contributed by atoms with E-state index in [1.54, 1.807) is 23.1 Å². The van der Waals surface area contributed by atoms with Crippen molar-refractivity contribution in [1.29, 1.82) is 0 Å². The maximum absolute atomic E-state index is 13.4. The van der Waals surface area contributed by atoms with Crippen molar-refractivity contribution in [2.45, 2.75) is 41.9 Å². The summed E-state index contributed by atoms with van der Waals surface area (Å²) in [7, 11) is -3.62. The molecule has 3 aliphatic rings. The van der Waals surface area contributed by atoms with Gasteiger partial charge in [-0.1, -0.05) is 18.2 Å². The molecule has 9 heteroatoms. The summed E-state index contributed by atoms with van der Waals surface area (Å²) in [6.45, 7) is 1.55. The fourth-order valence-electron chi connectivity index (χ4n) is 4.77. The molecule has 0 aliphatic carbocycles. The van der Waals surface area contributed by atoms with E-state index in [1.165, 1.54) is 21.0 Å². The second-order valence-corrected chi connectivity index (χ2v) is 11.7. The molecule has 1 saturated heterocycles. The van der Waals surface area contributed by atoms with Gasteiger partial charge in [-0.05, 0) is 55.5 Å². The third kappa shape index (κ3) is 4.29. The van der Waals surface area contributed by atoms with Crippen LogP contribution in [-0.2, 0) is 26.0 Å². The highest BCUT2D eigenvalue weighted by Gasteiger charge is 2.32. The number of carbonyl (C=O) groups is 2. The lowest BCUT2D eigenvalue weighted by molar-refractivity contribution is -0.122. The smallest absolute Gasteiger partial charge is 0.247 e. The van der Waals surface area contributed by atoms with Gasteiger partial charge in [-0.3, -0.25) is 9.59 Å². The summed E-state index contributed by atoms with van der Waals surface area (Å²) < 4.78 is 27.8. The van der Waals surface area contributed by atoms with E-state index in [0.717, 1.165) is 41.8 Å². The van der Waals surface area contributed by atoms with E-state index < -0.39 is 10.0 Å². The van der Waals surface area contributed by atoms with Gasteiger partial charge in [0.25, 0.3) is 0 Å². The molecule has 3 heterocycles. The van der Waals surface area contributed by atoms with Gasteiger partial charge in [0.2, 0.25) is 21.8 Å². The van der Waals surface area contributed by atoms with Crippen LogP contribution in [0.4, 0.5) is 11.4 Å².